The van der Waals surface area contributed by atoms with E-state index in [1.54, 1.807) is 18.2 Å². The molecular weight excluding hydrogens is 462 g/mol. The average Bonchev–Trinajstić information content (AvgIpc) is 3.01. The molecule has 0 bridgehead atoms. The predicted molar refractivity (Wildman–Crippen MR) is 115 cm³/mol. The number of imidazole rings is 1. The monoisotopic (exact) mass is 481 g/mol. The molecule has 1 aromatic heterocycles. The second-order valence-corrected chi connectivity index (χ2v) is 9.73. The highest BCUT2D eigenvalue weighted by Crippen LogP contribution is 2.27. The van der Waals surface area contributed by atoms with Gasteiger partial charge >= 0.3 is 0 Å². The number of carbonyl (C=O) groups excluding carboxylic acids is 1. The maximum absolute atomic E-state index is 12.5. The van der Waals surface area contributed by atoms with Crippen LogP contribution in [0.1, 0.15) is 30.1 Å². The highest BCUT2D eigenvalue weighted by Gasteiger charge is 2.16. The third kappa shape index (κ3) is 4.83. The molecule has 148 valence electrons. The zero-order valence-electron chi connectivity index (χ0n) is 15.3. The van der Waals surface area contributed by atoms with Gasteiger partial charge in [0, 0.05) is 16.6 Å². The fraction of sp³-hybridized carbons (Fsp3) is 0.263. The number of nitrogens with two attached hydrogens (primary N) is 1. The van der Waals surface area contributed by atoms with Gasteiger partial charge in [0.15, 0.2) is 10.9 Å². The number of fused-ring (bicyclic) bond motifs is 1. The quantitative estimate of drug-likeness (QED) is 0.383. The number of Topliss-reactive ketones (excluding diaryl/α,β-unsaturated/α-hetero) is 1. The summed E-state index contributed by atoms with van der Waals surface area (Å²) in [6, 6.07) is 11.9. The number of aryl methyl sites for hydroxylation is 1. The maximum atomic E-state index is 12.5. The molecule has 1 heterocycles. The third-order valence-electron chi connectivity index (χ3n) is 4.25. The molecule has 0 amide bonds. The Morgan fingerprint density at radius 3 is 2.57 bits per heavy atom. The largest absolute Gasteiger partial charge is 0.319 e. The number of ketones is 1. The first kappa shape index (κ1) is 21.0. The molecular formula is C19H20BrN3O3S2. The topological polar surface area (TPSA) is 95.0 Å². The van der Waals surface area contributed by atoms with Crippen molar-refractivity contribution in [2.24, 2.45) is 5.14 Å². The summed E-state index contributed by atoms with van der Waals surface area (Å²) in [5.41, 5.74) is 2.03. The number of carbonyl (C=O) groups is 1. The van der Waals surface area contributed by atoms with Crippen LogP contribution in [0.25, 0.3) is 11.0 Å². The lowest BCUT2D eigenvalue weighted by molar-refractivity contribution is 0.102. The van der Waals surface area contributed by atoms with Crippen LogP contribution < -0.4 is 5.14 Å². The molecule has 2 aromatic carbocycles. The molecule has 0 aliphatic carbocycles. The van der Waals surface area contributed by atoms with Crippen LogP contribution in [0.5, 0.6) is 0 Å². The zero-order valence-corrected chi connectivity index (χ0v) is 18.5. The molecule has 0 radical (unpaired) electrons. The Morgan fingerprint density at radius 2 is 1.93 bits per heavy atom. The third-order valence-corrected chi connectivity index (χ3v) is 6.66. The van der Waals surface area contributed by atoms with Gasteiger partial charge in [0.2, 0.25) is 10.0 Å². The van der Waals surface area contributed by atoms with Crippen LogP contribution >= 0.6 is 27.7 Å². The molecule has 0 spiro atoms. The maximum Gasteiger partial charge on any atom is 0.238 e. The van der Waals surface area contributed by atoms with Gasteiger partial charge in [-0.2, -0.15) is 0 Å². The molecule has 0 saturated heterocycles. The highest BCUT2D eigenvalue weighted by molar-refractivity contribution is 9.10. The van der Waals surface area contributed by atoms with Crippen LogP contribution in [0.15, 0.2) is 57.0 Å². The van der Waals surface area contributed by atoms with Crippen LogP contribution in [0.4, 0.5) is 0 Å². The van der Waals surface area contributed by atoms with Gasteiger partial charge in [-0.1, -0.05) is 53.2 Å². The van der Waals surface area contributed by atoms with Crippen molar-refractivity contribution in [2.75, 3.05) is 5.75 Å². The Hall–Kier alpha value is -1.68. The van der Waals surface area contributed by atoms with Gasteiger partial charge in [-0.25, -0.2) is 18.5 Å². The number of hydrogen-bond donors (Lipinski definition) is 1. The first-order valence-corrected chi connectivity index (χ1v) is 12.1. The van der Waals surface area contributed by atoms with Crippen LogP contribution in [0.2, 0.25) is 0 Å². The number of benzene rings is 2. The van der Waals surface area contributed by atoms with E-state index in [2.05, 4.69) is 27.8 Å². The number of thioether (sulfide) groups is 1. The summed E-state index contributed by atoms with van der Waals surface area (Å²) in [6.45, 7) is 2.85. The summed E-state index contributed by atoms with van der Waals surface area (Å²) in [7, 11) is -3.79. The Kier molecular flexibility index (Phi) is 6.59. The van der Waals surface area contributed by atoms with Crippen LogP contribution in [-0.4, -0.2) is 29.5 Å². The fourth-order valence-corrected chi connectivity index (χ4v) is 4.49. The summed E-state index contributed by atoms with van der Waals surface area (Å²) in [5.74, 6) is 0.260. The van der Waals surface area contributed by atoms with Gasteiger partial charge < -0.3 is 4.57 Å². The van der Waals surface area contributed by atoms with E-state index in [0.717, 1.165) is 29.4 Å². The zero-order chi connectivity index (χ0) is 20.3. The number of hydrogen-bond acceptors (Lipinski definition) is 5. The summed E-state index contributed by atoms with van der Waals surface area (Å²) < 4.78 is 26.2. The molecule has 2 N–H and O–H groups in total. The van der Waals surface area contributed by atoms with E-state index in [1.165, 1.54) is 23.9 Å². The lowest BCUT2D eigenvalue weighted by Crippen LogP contribution is -2.11. The lowest BCUT2D eigenvalue weighted by Gasteiger charge is -2.08. The summed E-state index contributed by atoms with van der Waals surface area (Å²) in [6.07, 6.45) is 1.97. The van der Waals surface area contributed by atoms with Gasteiger partial charge in [-0.15, -0.1) is 0 Å². The minimum absolute atomic E-state index is 0.0109. The summed E-state index contributed by atoms with van der Waals surface area (Å²) in [5, 5.41) is 5.93. The van der Waals surface area contributed by atoms with Crippen molar-refractivity contribution in [1.82, 2.24) is 9.55 Å². The van der Waals surface area contributed by atoms with Crippen molar-refractivity contribution in [2.45, 2.75) is 36.4 Å². The molecule has 0 fully saturated rings. The molecule has 28 heavy (non-hydrogen) atoms. The SMILES string of the molecule is CCCCn1c(SCC(=O)c2ccc(Br)cc2)nc2cc(S(N)(=O)=O)ccc21. The first-order valence-electron chi connectivity index (χ1n) is 8.74. The standard InChI is InChI=1S/C19H20BrN3O3S2/c1-2-3-10-23-17-9-8-15(28(21,25)26)11-16(17)22-19(23)27-12-18(24)13-4-6-14(20)7-5-13/h4-9,11H,2-3,10,12H2,1H3,(H2,21,25,26). The normalized spacial score (nSPS) is 11.8. The van der Waals surface area contributed by atoms with Crippen molar-refractivity contribution >= 4 is 54.5 Å². The van der Waals surface area contributed by atoms with Crippen molar-refractivity contribution in [1.29, 1.82) is 0 Å². The number of rotatable bonds is 8. The minimum Gasteiger partial charge on any atom is -0.319 e. The van der Waals surface area contributed by atoms with Gasteiger partial charge in [0.1, 0.15) is 0 Å². The predicted octanol–water partition coefficient (Wildman–Crippen LogP) is 4.22. The molecule has 3 aromatic rings. The summed E-state index contributed by atoms with van der Waals surface area (Å²) >= 11 is 4.72. The van der Waals surface area contributed by atoms with Gasteiger partial charge in [-0.05, 0) is 36.8 Å². The Bertz CT molecular complexity index is 1110. The van der Waals surface area contributed by atoms with Crippen LogP contribution in [-0.2, 0) is 16.6 Å². The van der Waals surface area contributed by atoms with E-state index < -0.39 is 10.0 Å². The Labute approximate surface area is 176 Å². The summed E-state index contributed by atoms with van der Waals surface area (Å²) in [4.78, 5) is 17.1. The van der Waals surface area contributed by atoms with Crippen molar-refractivity contribution in [3.8, 4) is 0 Å². The number of primary sulfonamides is 1. The smallest absolute Gasteiger partial charge is 0.238 e. The minimum atomic E-state index is -3.79. The van der Waals surface area contributed by atoms with Gasteiger partial charge in [0.25, 0.3) is 0 Å². The van der Waals surface area contributed by atoms with Gasteiger partial charge in [-0.3, -0.25) is 4.79 Å². The van der Waals surface area contributed by atoms with E-state index in [-0.39, 0.29) is 16.4 Å². The molecule has 3 rings (SSSR count). The number of sulfonamides is 1. The molecule has 0 saturated carbocycles. The Morgan fingerprint density at radius 1 is 1.21 bits per heavy atom. The van der Waals surface area contributed by atoms with Crippen molar-refractivity contribution < 1.29 is 13.2 Å². The Balaban J connectivity index is 1.89. The van der Waals surface area contributed by atoms with Gasteiger partial charge in [0.05, 0.1) is 21.7 Å². The van der Waals surface area contributed by atoms with E-state index in [9.17, 15) is 13.2 Å². The molecule has 0 aliphatic heterocycles. The van der Waals surface area contributed by atoms with Crippen molar-refractivity contribution in [3.05, 3.63) is 52.5 Å². The lowest BCUT2D eigenvalue weighted by atomic mass is 10.2. The molecule has 6 nitrogen and oxygen atoms in total. The average molecular weight is 482 g/mol. The fourth-order valence-electron chi connectivity index (χ4n) is 2.76. The molecule has 0 aliphatic rings. The number of aromatic nitrogens is 2. The van der Waals surface area contributed by atoms with E-state index in [4.69, 9.17) is 5.14 Å². The number of halogens is 1. The number of unbranched alkanes of at least 4 members (excludes halogenated alkanes) is 1. The van der Waals surface area contributed by atoms with Crippen LogP contribution in [0.3, 0.4) is 0 Å². The number of nitrogens with zero attached hydrogens (tertiary/aromatic N) is 2. The first-order chi connectivity index (χ1) is 13.3. The second kappa shape index (κ2) is 8.77. The van der Waals surface area contributed by atoms with E-state index in [1.807, 2.05) is 16.7 Å². The van der Waals surface area contributed by atoms with Crippen LogP contribution in [0, 0.1) is 0 Å². The molecule has 9 heteroatoms. The molecule has 0 unspecified atom stereocenters. The van der Waals surface area contributed by atoms with Crippen molar-refractivity contribution in [3.63, 3.8) is 0 Å². The van der Waals surface area contributed by atoms with E-state index in [0.29, 0.717) is 16.2 Å². The molecule has 0 atom stereocenters. The van der Waals surface area contributed by atoms with E-state index >= 15 is 0 Å². The second-order valence-electron chi connectivity index (χ2n) is 6.31. The highest BCUT2D eigenvalue weighted by atomic mass is 79.9.